The quantitative estimate of drug-likeness (QED) is 0.746. The molecule has 0 fully saturated rings. The highest BCUT2D eigenvalue weighted by Crippen LogP contribution is 2.16. The zero-order valence-electron chi connectivity index (χ0n) is 10.8. The third-order valence-electron chi connectivity index (χ3n) is 2.76. The van der Waals surface area contributed by atoms with Crippen molar-refractivity contribution in [2.75, 3.05) is 6.54 Å². The van der Waals surface area contributed by atoms with E-state index in [9.17, 15) is 9.90 Å². The second-order valence-electron chi connectivity index (χ2n) is 4.18. The Morgan fingerprint density at radius 2 is 2.11 bits per heavy atom. The van der Waals surface area contributed by atoms with Gasteiger partial charge in [0, 0.05) is 12.7 Å². The predicted octanol–water partition coefficient (Wildman–Crippen LogP) is 1.43. The van der Waals surface area contributed by atoms with Gasteiger partial charge in [0.05, 0.1) is 0 Å². The fourth-order valence-electron chi connectivity index (χ4n) is 1.89. The Morgan fingerprint density at radius 1 is 1.37 bits per heavy atom. The zero-order chi connectivity index (χ0) is 13.7. The first-order chi connectivity index (χ1) is 9.20. The summed E-state index contributed by atoms with van der Waals surface area (Å²) in [6.07, 6.45) is 4.19. The maximum absolute atomic E-state index is 11.3. The summed E-state index contributed by atoms with van der Waals surface area (Å²) in [5.41, 5.74) is 7.87. The summed E-state index contributed by atoms with van der Waals surface area (Å²) in [7, 11) is 0. The van der Waals surface area contributed by atoms with Crippen molar-refractivity contribution in [1.82, 2.24) is 16.0 Å². The lowest BCUT2D eigenvalue weighted by Crippen LogP contribution is -2.47. The third-order valence-corrected chi connectivity index (χ3v) is 2.76. The van der Waals surface area contributed by atoms with Crippen LogP contribution in [0.5, 0.6) is 0 Å². The minimum atomic E-state index is -0.960. The molecular formula is C14H17N3O2. The SMILES string of the molecule is CCNN1C=CC(Cc2ccccc2)=C(C(=O)O)N1. The van der Waals surface area contributed by atoms with Crippen LogP contribution in [0.15, 0.2) is 53.9 Å². The van der Waals surface area contributed by atoms with Gasteiger partial charge in [-0.2, -0.15) is 0 Å². The largest absolute Gasteiger partial charge is 0.477 e. The summed E-state index contributed by atoms with van der Waals surface area (Å²) in [6, 6.07) is 9.80. The van der Waals surface area contributed by atoms with Crippen LogP contribution in [0.1, 0.15) is 12.5 Å². The predicted molar refractivity (Wildman–Crippen MR) is 72.6 cm³/mol. The van der Waals surface area contributed by atoms with E-state index in [-0.39, 0.29) is 5.70 Å². The summed E-state index contributed by atoms with van der Waals surface area (Å²) >= 11 is 0. The maximum Gasteiger partial charge on any atom is 0.354 e. The molecule has 0 saturated carbocycles. The molecule has 19 heavy (non-hydrogen) atoms. The number of hydrogen-bond acceptors (Lipinski definition) is 4. The summed E-state index contributed by atoms with van der Waals surface area (Å²) in [4.78, 5) is 11.3. The van der Waals surface area contributed by atoms with E-state index in [0.29, 0.717) is 13.0 Å². The van der Waals surface area contributed by atoms with Crippen molar-refractivity contribution in [3.8, 4) is 0 Å². The summed E-state index contributed by atoms with van der Waals surface area (Å²) in [6.45, 7) is 2.65. The molecule has 5 nitrogen and oxygen atoms in total. The van der Waals surface area contributed by atoms with Gasteiger partial charge in [0.25, 0.3) is 0 Å². The number of benzene rings is 1. The van der Waals surface area contributed by atoms with Gasteiger partial charge < -0.3 is 5.11 Å². The molecule has 100 valence electrons. The molecule has 1 aromatic carbocycles. The lowest BCUT2D eigenvalue weighted by molar-refractivity contribution is -0.133. The van der Waals surface area contributed by atoms with Crippen LogP contribution in [0, 0.1) is 0 Å². The second-order valence-corrected chi connectivity index (χ2v) is 4.18. The molecule has 0 amide bonds. The summed E-state index contributed by atoms with van der Waals surface area (Å²) in [5.74, 6) is -0.960. The van der Waals surface area contributed by atoms with Gasteiger partial charge in [-0.15, -0.1) is 0 Å². The van der Waals surface area contributed by atoms with Crippen molar-refractivity contribution in [1.29, 1.82) is 0 Å². The van der Waals surface area contributed by atoms with Gasteiger partial charge in [-0.1, -0.05) is 37.3 Å². The molecule has 0 saturated heterocycles. The van der Waals surface area contributed by atoms with Gasteiger partial charge >= 0.3 is 5.97 Å². The Bertz CT molecular complexity index is 509. The fraction of sp³-hybridized carbons (Fsp3) is 0.214. The number of aliphatic carboxylic acids is 1. The highest BCUT2D eigenvalue weighted by atomic mass is 16.4. The van der Waals surface area contributed by atoms with Crippen molar-refractivity contribution in [3.05, 3.63) is 59.4 Å². The van der Waals surface area contributed by atoms with Crippen LogP contribution < -0.4 is 10.9 Å². The molecule has 0 bridgehead atoms. The maximum atomic E-state index is 11.3. The highest BCUT2D eigenvalue weighted by Gasteiger charge is 2.18. The molecule has 0 aromatic heterocycles. The summed E-state index contributed by atoms with van der Waals surface area (Å²) in [5, 5.41) is 10.8. The molecule has 1 heterocycles. The molecule has 0 unspecified atom stereocenters. The number of hydrazine groups is 2. The number of rotatable bonds is 5. The topological polar surface area (TPSA) is 64.6 Å². The Balaban J connectivity index is 2.19. The molecule has 1 aliphatic rings. The first kappa shape index (κ1) is 13.2. The van der Waals surface area contributed by atoms with Gasteiger partial charge in [-0.25, -0.2) is 15.3 Å². The van der Waals surface area contributed by atoms with Gasteiger partial charge in [0.1, 0.15) is 5.70 Å². The van der Waals surface area contributed by atoms with Crippen molar-refractivity contribution in [3.63, 3.8) is 0 Å². The standard InChI is InChI=1S/C14H17N3O2/c1-2-15-17-9-8-12(13(16-17)14(18)19)10-11-6-4-3-5-7-11/h3-9,15-16H,2,10H2,1H3,(H,18,19). The van der Waals surface area contributed by atoms with Crippen LogP contribution in [-0.4, -0.2) is 22.7 Å². The van der Waals surface area contributed by atoms with Crippen LogP contribution in [0.25, 0.3) is 0 Å². The Labute approximate surface area is 112 Å². The molecule has 0 radical (unpaired) electrons. The molecule has 2 rings (SSSR count). The van der Waals surface area contributed by atoms with E-state index >= 15 is 0 Å². The van der Waals surface area contributed by atoms with Crippen LogP contribution in [-0.2, 0) is 11.2 Å². The van der Waals surface area contributed by atoms with Gasteiger partial charge in [0.2, 0.25) is 0 Å². The lowest BCUT2D eigenvalue weighted by atomic mass is 10.0. The van der Waals surface area contributed by atoms with Crippen LogP contribution >= 0.6 is 0 Å². The Kier molecular flexibility index (Phi) is 4.20. The van der Waals surface area contributed by atoms with Crippen LogP contribution in [0.4, 0.5) is 0 Å². The smallest absolute Gasteiger partial charge is 0.354 e. The van der Waals surface area contributed by atoms with E-state index in [1.807, 2.05) is 43.3 Å². The van der Waals surface area contributed by atoms with Crippen molar-refractivity contribution < 1.29 is 9.90 Å². The van der Waals surface area contributed by atoms with E-state index < -0.39 is 5.97 Å². The highest BCUT2D eigenvalue weighted by molar-refractivity contribution is 5.87. The molecule has 0 spiro atoms. The lowest BCUT2D eigenvalue weighted by Gasteiger charge is -2.27. The molecule has 5 heteroatoms. The minimum Gasteiger partial charge on any atom is -0.477 e. The molecule has 1 aliphatic heterocycles. The van der Waals surface area contributed by atoms with Gasteiger partial charge in [0.15, 0.2) is 0 Å². The van der Waals surface area contributed by atoms with Gasteiger partial charge in [-0.05, 0) is 23.6 Å². The van der Waals surface area contributed by atoms with Crippen LogP contribution in [0.2, 0.25) is 0 Å². The van der Waals surface area contributed by atoms with E-state index in [1.54, 1.807) is 11.3 Å². The molecule has 1 aromatic rings. The number of allylic oxidation sites excluding steroid dienone is 2. The third kappa shape index (κ3) is 3.35. The normalized spacial score (nSPS) is 14.5. The fourth-order valence-corrected chi connectivity index (χ4v) is 1.89. The average molecular weight is 259 g/mol. The molecule has 3 N–H and O–H groups in total. The number of carbonyl (C=O) groups is 1. The summed E-state index contributed by atoms with van der Waals surface area (Å²) < 4.78 is 0. The van der Waals surface area contributed by atoms with E-state index in [4.69, 9.17) is 0 Å². The molecule has 0 atom stereocenters. The van der Waals surface area contributed by atoms with Crippen molar-refractivity contribution in [2.24, 2.45) is 0 Å². The Hall–Kier alpha value is -2.27. The molecule has 0 aliphatic carbocycles. The van der Waals surface area contributed by atoms with Crippen LogP contribution in [0.3, 0.4) is 0 Å². The van der Waals surface area contributed by atoms with Crippen molar-refractivity contribution >= 4 is 5.97 Å². The number of carboxylic acid groups (broad SMARTS) is 1. The number of hydrogen-bond donors (Lipinski definition) is 3. The minimum absolute atomic E-state index is 0.201. The first-order valence-electron chi connectivity index (χ1n) is 6.18. The average Bonchev–Trinajstić information content (AvgIpc) is 2.42. The number of nitrogens with zero attached hydrogens (tertiary/aromatic N) is 1. The zero-order valence-corrected chi connectivity index (χ0v) is 10.8. The van der Waals surface area contributed by atoms with E-state index in [2.05, 4.69) is 10.9 Å². The first-order valence-corrected chi connectivity index (χ1v) is 6.18. The molecular weight excluding hydrogens is 242 g/mol. The monoisotopic (exact) mass is 259 g/mol. The van der Waals surface area contributed by atoms with E-state index in [0.717, 1.165) is 11.1 Å². The number of nitrogens with one attached hydrogen (secondary N) is 2. The number of carboxylic acids is 1. The van der Waals surface area contributed by atoms with Gasteiger partial charge in [-0.3, -0.25) is 5.43 Å². The Morgan fingerprint density at radius 3 is 2.74 bits per heavy atom. The second kappa shape index (κ2) is 6.06. The van der Waals surface area contributed by atoms with Crippen molar-refractivity contribution in [2.45, 2.75) is 13.3 Å². The van der Waals surface area contributed by atoms with E-state index in [1.165, 1.54) is 0 Å².